The molecule has 0 fully saturated rings. The van der Waals surface area contributed by atoms with E-state index in [1.54, 1.807) is 0 Å². The van der Waals surface area contributed by atoms with E-state index < -0.39 is 0 Å². The zero-order valence-electron chi connectivity index (χ0n) is 12.9. The van der Waals surface area contributed by atoms with Crippen LogP contribution in [0.5, 0.6) is 0 Å². The Hall–Kier alpha value is -1.82. The first-order valence-corrected chi connectivity index (χ1v) is 7.44. The minimum absolute atomic E-state index is 0.450. The molecule has 102 valence electrons. The fraction of sp³-hybridized carbons (Fsp3) is 0.300. The molecule has 0 saturated heterocycles. The Balaban J connectivity index is 1.77. The molecule has 1 aliphatic rings. The highest BCUT2D eigenvalue weighted by Crippen LogP contribution is 2.37. The third-order valence-electron chi connectivity index (χ3n) is 4.32. The van der Waals surface area contributed by atoms with Crippen LogP contribution in [0.15, 0.2) is 71.8 Å². The zero-order valence-corrected chi connectivity index (χ0v) is 11.9. The van der Waals surface area contributed by atoms with E-state index in [2.05, 4.69) is 60.7 Å². The van der Waals surface area contributed by atoms with Crippen molar-refractivity contribution in [2.45, 2.75) is 38.5 Å². The van der Waals surface area contributed by atoms with Gasteiger partial charge < -0.3 is 0 Å². The molecule has 1 atom stereocenters. The summed E-state index contributed by atoms with van der Waals surface area (Å²) in [6.45, 7) is 0.450. The van der Waals surface area contributed by atoms with E-state index in [1.807, 2.05) is 0 Å². The van der Waals surface area contributed by atoms with Gasteiger partial charge in [-0.05, 0) is 49.6 Å². The molecule has 0 amide bonds. The zero-order chi connectivity index (χ0) is 14.5. The van der Waals surface area contributed by atoms with E-state index >= 15 is 0 Å². The predicted octanol–water partition coefficient (Wildman–Crippen LogP) is 5.51. The van der Waals surface area contributed by atoms with Crippen LogP contribution < -0.4 is 0 Å². The monoisotopic (exact) mass is 263 g/mol. The lowest BCUT2D eigenvalue weighted by Crippen LogP contribution is -2.09. The van der Waals surface area contributed by atoms with E-state index in [0.29, 0.717) is 12.8 Å². The number of allylic oxidation sites excluding steroid dienone is 2. The van der Waals surface area contributed by atoms with Gasteiger partial charge >= 0.3 is 0 Å². The second-order valence-electron chi connectivity index (χ2n) is 5.72. The average Bonchev–Trinajstić information content (AvgIpc) is 2.57. The van der Waals surface area contributed by atoms with E-state index in [0.717, 1.165) is 19.3 Å². The molecule has 0 aliphatic heterocycles. The van der Waals surface area contributed by atoms with Crippen LogP contribution in [-0.4, -0.2) is 0 Å². The molecular formula is C20H22. The first-order valence-electron chi connectivity index (χ1n) is 8.15. The molecule has 20 heavy (non-hydrogen) atoms. The Morgan fingerprint density at radius 3 is 2.40 bits per heavy atom. The van der Waals surface area contributed by atoms with Crippen molar-refractivity contribution < 1.29 is 1.37 Å². The third-order valence-corrected chi connectivity index (χ3v) is 4.32. The fourth-order valence-corrected chi connectivity index (χ4v) is 3.13. The highest BCUT2D eigenvalue weighted by molar-refractivity contribution is 5.30. The van der Waals surface area contributed by atoms with Crippen LogP contribution >= 0.6 is 0 Å². The Morgan fingerprint density at radius 2 is 1.70 bits per heavy atom. The molecule has 3 rings (SSSR count). The van der Waals surface area contributed by atoms with Gasteiger partial charge in [0.25, 0.3) is 0 Å². The molecule has 0 heteroatoms. The first-order chi connectivity index (χ1) is 10.4. The number of benzene rings is 2. The van der Waals surface area contributed by atoms with Crippen LogP contribution in [0.3, 0.4) is 0 Å². The van der Waals surface area contributed by atoms with Crippen molar-refractivity contribution in [3.8, 4) is 0 Å². The molecule has 2 aromatic rings. The summed E-state index contributed by atoms with van der Waals surface area (Å²) in [6, 6.07) is 21.4. The number of hydrogen-bond acceptors (Lipinski definition) is 0. The maximum Gasteiger partial charge on any atom is 0.0276 e. The topological polar surface area (TPSA) is 0 Å². The highest BCUT2D eigenvalue weighted by Gasteiger charge is 2.19. The second kappa shape index (κ2) is 6.09. The lowest BCUT2D eigenvalue weighted by molar-refractivity contribution is 0.570. The van der Waals surface area contributed by atoms with Crippen LogP contribution in [0.4, 0.5) is 0 Å². The minimum atomic E-state index is 0.450. The largest absolute Gasteiger partial charge is 0.0732 e. The summed E-state index contributed by atoms with van der Waals surface area (Å²) < 4.78 is 7.89. The molecule has 0 N–H and O–H groups in total. The van der Waals surface area contributed by atoms with Gasteiger partial charge in [-0.15, -0.1) is 0 Å². The molecule has 0 spiro atoms. The maximum atomic E-state index is 7.89. The standard InChI is InChI=1S/C20H22/c1-16-14-20(18-10-6-3-7-11-18)13-12-19(16)15-17-8-4-2-5-9-17/h2-11,20H,12-15H2,1H3/i1D. The molecule has 0 heterocycles. The van der Waals surface area contributed by atoms with Gasteiger partial charge in [0.15, 0.2) is 0 Å². The normalized spacial score (nSPS) is 19.8. The summed E-state index contributed by atoms with van der Waals surface area (Å²) in [5.74, 6) is 0.603. The Bertz CT molecular complexity index is 598. The Labute approximate surface area is 123 Å². The summed E-state index contributed by atoms with van der Waals surface area (Å²) >= 11 is 0. The van der Waals surface area contributed by atoms with Crippen molar-refractivity contribution in [1.29, 1.82) is 0 Å². The van der Waals surface area contributed by atoms with Crippen LogP contribution in [0, 0.1) is 0 Å². The fourth-order valence-electron chi connectivity index (χ4n) is 3.13. The molecule has 0 saturated carbocycles. The van der Waals surface area contributed by atoms with Gasteiger partial charge in [-0.2, -0.15) is 0 Å². The SMILES string of the molecule is [2H]CC1=C(Cc2ccccc2)CCC(c2ccccc2)C1. The average molecular weight is 263 g/mol. The van der Waals surface area contributed by atoms with E-state index in [-0.39, 0.29) is 0 Å². The van der Waals surface area contributed by atoms with Crippen LogP contribution in [-0.2, 0) is 6.42 Å². The van der Waals surface area contributed by atoms with Gasteiger partial charge in [-0.1, -0.05) is 71.8 Å². The van der Waals surface area contributed by atoms with Crippen LogP contribution in [0.25, 0.3) is 0 Å². The van der Waals surface area contributed by atoms with Crippen LogP contribution in [0.2, 0.25) is 0 Å². The number of rotatable bonds is 3. The summed E-state index contributed by atoms with van der Waals surface area (Å²) in [4.78, 5) is 0. The van der Waals surface area contributed by atoms with Crippen molar-refractivity contribution in [3.63, 3.8) is 0 Å². The van der Waals surface area contributed by atoms with Gasteiger partial charge in [0, 0.05) is 1.37 Å². The van der Waals surface area contributed by atoms with Crippen molar-refractivity contribution in [2.24, 2.45) is 0 Å². The molecule has 1 unspecified atom stereocenters. The lowest BCUT2D eigenvalue weighted by Gasteiger charge is -2.26. The maximum absolute atomic E-state index is 7.89. The van der Waals surface area contributed by atoms with E-state index in [4.69, 9.17) is 1.37 Å². The summed E-state index contributed by atoms with van der Waals surface area (Å²) in [6.07, 6.45) is 4.45. The molecule has 0 aromatic heterocycles. The van der Waals surface area contributed by atoms with Crippen molar-refractivity contribution in [2.75, 3.05) is 0 Å². The smallest absolute Gasteiger partial charge is 0.0276 e. The molecule has 0 bridgehead atoms. The number of hydrogen-bond donors (Lipinski definition) is 0. The molecule has 1 aliphatic carbocycles. The first kappa shape index (κ1) is 12.0. The van der Waals surface area contributed by atoms with E-state index in [1.165, 1.54) is 28.7 Å². The molecule has 0 radical (unpaired) electrons. The van der Waals surface area contributed by atoms with Gasteiger partial charge in [-0.3, -0.25) is 0 Å². The minimum Gasteiger partial charge on any atom is -0.0732 e. The summed E-state index contributed by atoms with van der Waals surface area (Å²) in [7, 11) is 0. The quantitative estimate of drug-likeness (QED) is 0.640. The van der Waals surface area contributed by atoms with Gasteiger partial charge in [0.1, 0.15) is 0 Å². The Kier molecular flexibility index (Phi) is 3.64. The molecule has 2 aromatic carbocycles. The van der Waals surface area contributed by atoms with Gasteiger partial charge in [0.05, 0.1) is 0 Å². The molecule has 0 nitrogen and oxygen atoms in total. The predicted molar refractivity (Wildman–Crippen MR) is 85.9 cm³/mol. The molecular weight excluding hydrogens is 240 g/mol. The highest BCUT2D eigenvalue weighted by atomic mass is 14.2. The third kappa shape index (κ3) is 3.01. The summed E-state index contributed by atoms with van der Waals surface area (Å²) in [5.41, 5.74) is 5.67. The van der Waals surface area contributed by atoms with Gasteiger partial charge in [-0.25, -0.2) is 0 Å². The van der Waals surface area contributed by atoms with Crippen molar-refractivity contribution in [1.82, 2.24) is 0 Å². The second-order valence-corrected chi connectivity index (χ2v) is 5.72. The van der Waals surface area contributed by atoms with Crippen molar-refractivity contribution >= 4 is 0 Å². The lowest BCUT2D eigenvalue weighted by atomic mass is 9.79. The van der Waals surface area contributed by atoms with E-state index in [9.17, 15) is 0 Å². The van der Waals surface area contributed by atoms with Crippen molar-refractivity contribution in [3.05, 3.63) is 82.9 Å². The Morgan fingerprint density at radius 1 is 1.00 bits per heavy atom. The van der Waals surface area contributed by atoms with Gasteiger partial charge in [0.2, 0.25) is 0 Å². The summed E-state index contributed by atoms with van der Waals surface area (Å²) in [5, 5.41) is 0. The van der Waals surface area contributed by atoms with Crippen LogP contribution in [0.1, 0.15) is 44.6 Å².